The predicted octanol–water partition coefficient (Wildman–Crippen LogP) is -0.472. The SMILES string of the molecule is C=COOC(OC=C)C(CO)(CO)CO. The van der Waals surface area contributed by atoms with Gasteiger partial charge in [0, 0.05) is 0 Å². The van der Waals surface area contributed by atoms with Gasteiger partial charge in [0.05, 0.1) is 26.1 Å². The molecule has 0 aromatic rings. The highest BCUT2D eigenvalue weighted by molar-refractivity contribution is 4.82. The van der Waals surface area contributed by atoms with E-state index in [9.17, 15) is 0 Å². The summed E-state index contributed by atoms with van der Waals surface area (Å²) in [6.45, 7) is 4.90. The number of aliphatic hydroxyl groups is 3. The van der Waals surface area contributed by atoms with Crippen LogP contribution in [0.25, 0.3) is 0 Å². The summed E-state index contributed by atoms with van der Waals surface area (Å²) in [7, 11) is 0. The second-order valence-electron chi connectivity index (χ2n) is 2.83. The van der Waals surface area contributed by atoms with E-state index in [1.807, 2.05) is 0 Å². The van der Waals surface area contributed by atoms with Crippen molar-refractivity contribution in [1.29, 1.82) is 0 Å². The van der Waals surface area contributed by atoms with Crippen molar-refractivity contribution in [2.45, 2.75) is 6.29 Å². The molecule has 0 fully saturated rings. The summed E-state index contributed by atoms with van der Waals surface area (Å²) in [4.78, 5) is 9.10. The number of ether oxygens (including phenoxy) is 1. The lowest BCUT2D eigenvalue weighted by Gasteiger charge is -2.32. The Balaban J connectivity index is 4.63. The van der Waals surface area contributed by atoms with Crippen LogP contribution >= 0.6 is 0 Å². The molecule has 15 heavy (non-hydrogen) atoms. The molecule has 0 aliphatic rings. The zero-order valence-electron chi connectivity index (χ0n) is 8.33. The molecule has 1 atom stereocenters. The van der Waals surface area contributed by atoms with Gasteiger partial charge in [-0.3, -0.25) is 0 Å². The normalized spacial score (nSPS) is 13.0. The maximum Gasteiger partial charge on any atom is 0.253 e. The van der Waals surface area contributed by atoms with Crippen LogP contribution in [0.5, 0.6) is 0 Å². The molecule has 0 rings (SSSR count). The fourth-order valence-electron chi connectivity index (χ4n) is 0.820. The molecule has 88 valence electrons. The van der Waals surface area contributed by atoms with Crippen molar-refractivity contribution in [3.05, 3.63) is 25.7 Å². The van der Waals surface area contributed by atoms with Gasteiger partial charge in [0.25, 0.3) is 6.29 Å². The summed E-state index contributed by atoms with van der Waals surface area (Å²) in [5.74, 6) is 0. The van der Waals surface area contributed by atoms with E-state index < -0.39 is 31.5 Å². The van der Waals surface area contributed by atoms with Crippen LogP contribution in [-0.2, 0) is 14.5 Å². The van der Waals surface area contributed by atoms with Crippen LogP contribution in [0, 0.1) is 5.41 Å². The number of hydrogen-bond acceptors (Lipinski definition) is 6. The van der Waals surface area contributed by atoms with Crippen LogP contribution in [0.3, 0.4) is 0 Å². The first-order valence-corrected chi connectivity index (χ1v) is 4.22. The van der Waals surface area contributed by atoms with Crippen molar-refractivity contribution in [1.82, 2.24) is 0 Å². The molecule has 0 aliphatic heterocycles. The fourth-order valence-corrected chi connectivity index (χ4v) is 0.820. The molecule has 1 unspecified atom stereocenters. The van der Waals surface area contributed by atoms with Gasteiger partial charge in [-0.1, -0.05) is 13.2 Å². The molecule has 0 radical (unpaired) electrons. The standard InChI is InChI=1S/C9H16O6/c1-3-13-8(15-14-4-2)9(5-10,6-11)7-12/h3-4,8,10-12H,1-2,5-7H2. The minimum Gasteiger partial charge on any atom is -0.468 e. The van der Waals surface area contributed by atoms with E-state index in [2.05, 4.69) is 22.9 Å². The van der Waals surface area contributed by atoms with Crippen molar-refractivity contribution in [3.63, 3.8) is 0 Å². The van der Waals surface area contributed by atoms with Gasteiger partial charge in [-0.15, -0.1) is 4.89 Å². The highest BCUT2D eigenvalue weighted by Crippen LogP contribution is 2.24. The van der Waals surface area contributed by atoms with Crippen molar-refractivity contribution < 1.29 is 29.8 Å². The molecule has 0 aliphatic carbocycles. The fraction of sp³-hybridized carbons (Fsp3) is 0.556. The lowest BCUT2D eigenvalue weighted by molar-refractivity contribution is -0.375. The van der Waals surface area contributed by atoms with E-state index in [4.69, 9.17) is 20.1 Å². The molecular weight excluding hydrogens is 204 g/mol. The summed E-state index contributed by atoms with van der Waals surface area (Å²) in [6.07, 6.45) is 0.858. The molecule has 0 saturated heterocycles. The third-order valence-electron chi connectivity index (χ3n) is 1.88. The summed E-state index contributed by atoms with van der Waals surface area (Å²) in [6, 6.07) is 0. The Bertz CT molecular complexity index is 181. The van der Waals surface area contributed by atoms with Crippen molar-refractivity contribution in [2.75, 3.05) is 19.8 Å². The van der Waals surface area contributed by atoms with Crippen LogP contribution < -0.4 is 0 Å². The van der Waals surface area contributed by atoms with Gasteiger partial charge in [-0.25, -0.2) is 0 Å². The Morgan fingerprint density at radius 3 is 1.93 bits per heavy atom. The van der Waals surface area contributed by atoms with Crippen molar-refractivity contribution in [2.24, 2.45) is 5.41 Å². The Kier molecular flexibility index (Phi) is 6.72. The molecule has 0 saturated carbocycles. The van der Waals surface area contributed by atoms with E-state index in [1.54, 1.807) is 0 Å². The molecule has 0 bridgehead atoms. The first-order chi connectivity index (χ1) is 7.20. The minimum atomic E-state index is -1.38. The average molecular weight is 220 g/mol. The summed E-state index contributed by atoms with van der Waals surface area (Å²) >= 11 is 0. The zero-order chi connectivity index (χ0) is 11.7. The van der Waals surface area contributed by atoms with Gasteiger partial charge in [0.2, 0.25) is 0 Å². The Morgan fingerprint density at radius 1 is 1.07 bits per heavy atom. The van der Waals surface area contributed by atoms with Gasteiger partial charge in [-0.2, -0.15) is 0 Å². The largest absolute Gasteiger partial charge is 0.468 e. The predicted molar refractivity (Wildman–Crippen MR) is 51.1 cm³/mol. The van der Waals surface area contributed by atoms with Crippen LogP contribution in [0.4, 0.5) is 0 Å². The molecule has 0 spiro atoms. The van der Waals surface area contributed by atoms with E-state index in [-0.39, 0.29) is 0 Å². The topological polar surface area (TPSA) is 88.4 Å². The van der Waals surface area contributed by atoms with Gasteiger partial charge < -0.3 is 24.9 Å². The highest BCUT2D eigenvalue weighted by atomic mass is 17.2. The molecule has 0 heterocycles. The van der Waals surface area contributed by atoms with Crippen LogP contribution in [0.1, 0.15) is 0 Å². The van der Waals surface area contributed by atoms with E-state index in [0.717, 1.165) is 12.5 Å². The van der Waals surface area contributed by atoms with Crippen molar-refractivity contribution in [3.8, 4) is 0 Å². The van der Waals surface area contributed by atoms with Crippen molar-refractivity contribution >= 4 is 0 Å². The first-order valence-electron chi connectivity index (χ1n) is 4.22. The molecule has 6 heteroatoms. The molecule has 6 nitrogen and oxygen atoms in total. The van der Waals surface area contributed by atoms with E-state index in [0.29, 0.717) is 0 Å². The second-order valence-corrected chi connectivity index (χ2v) is 2.83. The van der Waals surface area contributed by atoms with E-state index in [1.165, 1.54) is 0 Å². The summed E-state index contributed by atoms with van der Waals surface area (Å²) in [5, 5.41) is 27.2. The molecule has 0 amide bonds. The van der Waals surface area contributed by atoms with Crippen LogP contribution in [0.2, 0.25) is 0 Å². The van der Waals surface area contributed by atoms with Crippen LogP contribution in [-0.4, -0.2) is 41.4 Å². The Hall–Kier alpha value is -1.08. The van der Waals surface area contributed by atoms with Crippen LogP contribution in [0.15, 0.2) is 25.7 Å². The van der Waals surface area contributed by atoms with Gasteiger partial charge >= 0.3 is 0 Å². The molecule has 0 aromatic heterocycles. The van der Waals surface area contributed by atoms with E-state index >= 15 is 0 Å². The average Bonchev–Trinajstić information content (AvgIpc) is 2.28. The number of aliphatic hydroxyl groups excluding tert-OH is 3. The minimum absolute atomic E-state index is 0.543. The zero-order valence-corrected chi connectivity index (χ0v) is 8.33. The highest BCUT2D eigenvalue weighted by Gasteiger charge is 2.41. The third kappa shape index (κ3) is 3.52. The summed E-state index contributed by atoms with van der Waals surface area (Å²) in [5.41, 5.74) is -1.38. The quantitative estimate of drug-likeness (QED) is 0.211. The third-order valence-corrected chi connectivity index (χ3v) is 1.88. The van der Waals surface area contributed by atoms with Gasteiger partial charge in [0.1, 0.15) is 11.7 Å². The molecule has 3 N–H and O–H groups in total. The molecule has 0 aromatic carbocycles. The number of hydrogen-bond donors (Lipinski definition) is 3. The van der Waals surface area contributed by atoms with Gasteiger partial charge in [0.15, 0.2) is 0 Å². The smallest absolute Gasteiger partial charge is 0.253 e. The Morgan fingerprint density at radius 2 is 1.60 bits per heavy atom. The maximum absolute atomic E-state index is 9.08. The second kappa shape index (κ2) is 7.24. The molecular formula is C9H16O6. The summed E-state index contributed by atoms with van der Waals surface area (Å²) < 4.78 is 4.87. The lowest BCUT2D eigenvalue weighted by atomic mass is 9.90. The lowest BCUT2D eigenvalue weighted by Crippen LogP contribution is -2.47. The number of rotatable bonds is 9. The monoisotopic (exact) mass is 220 g/mol. The first kappa shape index (κ1) is 13.9. The Labute approximate surface area is 87.9 Å². The maximum atomic E-state index is 9.08. The van der Waals surface area contributed by atoms with Gasteiger partial charge in [-0.05, 0) is 0 Å².